The Morgan fingerprint density at radius 2 is 1.57 bits per heavy atom. The number of benzene rings is 2. The summed E-state index contributed by atoms with van der Waals surface area (Å²) < 4.78 is 0.0581. The Morgan fingerprint density at radius 1 is 0.957 bits per heavy atom. The highest BCUT2D eigenvalue weighted by Gasteiger charge is 2.07. The third-order valence-corrected chi connectivity index (χ3v) is 3.82. The number of halogens is 3. The van der Waals surface area contributed by atoms with Gasteiger partial charge in [0.05, 0.1) is 10.7 Å². The average molecular weight is 389 g/mol. The molecule has 0 aliphatic rings. The summed E-state index contributed by atoms with van der Waals surface area (Å²) in [5.74, 6) is 0. The first kappa shape index (κ1) is 17.8. The molecule has 0 aromatic heterocycles. The van der Waals surface area contributed by atoms with E-state index in [1.165, 1.54) is 0 Å². The van der Waals surface area contributed by atoms with Gasteiger partial charge in [-0.1, -0.05) is 40.9 Å². The number of rotatable bonds is 3. The number of aryl methyl sites for hydroxylation is 1. The van der Waals surface area contributed by atoms with Gasteiger partial charge in [0, 0.05) is 16.4 Å². The maximum absolute atomic E-state index is 12.0. The minimum Gasteiger partial charge on any atom is -0.336 e. The summed E-state index contributed by atoms with van der Waals surface area (Å²) in [5.41, 5.74) is 2.55. The van der Waals surface area contributed by atoms with Gasteiger partial charge < -0.3 is 16.0 Å². The van der Waals surface area contributed by atoms with Crippen LogP contribution in [0.1, 0.15) is 5.56 Å². The smallest absolute Gasteiger partial charge is 0.323 e. The van der Waals surface area contributed by atoms with E-state index in [1.54, 1.807) is 30.3 Å². The number of amides is 2. The number of hydrogen-bond donors (Lipinski definition) is 3. The van der Waals surface area contributed by atoms with Crippen LogP contribution in [0.25, 0.3) is 0 Å². The molecular formula is C15H12Cl3N3OS. The number of nitrogens with one attached hydrogen (secondary N) is 3. The molecule has 0 saturated heterocycles. The molecule has 0 bridgehead atoms. The highest BCUT2D eigenvalue weighted by molar-refractivity contribution is 7.83. The quantitative estimate of drug-likeness (QED) is 0.349. The second-order valence-electron chi connectivity index (χ2n) is 4.64. The van der Waals surface area contributed by atoms with Crippen molar-refractivity contribution >= 4 is 74.6 Å². The molecular weight excluding hydrogens is 377 g/mol. The molecule has 2 rings (SSSR count). The number of carbonyl (C=O) groups is 1. The van der Waals surface area contributed by atoms with Crippen molar-refractivity contribution in [1.29, 1.82) is 0 Å². The first-order valence-electron chi connectivity index (χ1n) is 6.45. The van der Waals surface area contributed by atoms with Gasteiger partial charge in [-0.3, -0.25) is 0 Å². The van der Waals surface area contributed by atoms with E-state index in [-0.39, 0.29) is 4.45 Å². The third-order valence-electron chi connectivity index (χ3n) is 2.89. The number of hydrogen-bond acceptors (Lipinski definition) is 2. The van der Waals surface area contributed by atoms with Crippen molar-refractivity contribution < 1.29 is 4.79 Å². The van der Waals surface area contributed by atoms with Gasteiger partial charge in [-0.2, -0.15) is 0 Å². The molecule has 8 heteroatoms. The van der Waals surface area contributed by atoms with Crippen LogP contribution < -0.4 is 16.0 Å². The summed E-state index contributed by atoms with van der Waals surface area (Å²) in [4.78, 5) is 12.0. The molecule has 0 aliphatic heterocycles. The molecule has 0 radical (unpaired) electrons. The molecule has 0 spiro atoms. The van der Waals surface area contributed by atoms with Crippen LogP contribution in [0.3, 0.4) is 0 Å². The Bertz CT molecular complexity index is 768. The van der Waals surface area contributed by atoms with Crippen LogP contribution in [0.5, 0.6) is 0 Å². The SMILES string of the molecule is Cc1ccc(NC(=O)Nc2ccc(Cl)c(NC(=S)Cl)c2)cc1Cl. The predicted octanol–water partition coefficient (Wildman–Crippen LogP) is 5.88. The Labute approximate surface area is 154 Å². The van der Waals surface area contributed by atoms with Gasteiger partial charge in [0.1, 0.15) is 0 Å². The number of carbonyl (C=O) groups excluding carboxylic acids is 1. The van der Waals surface area contributed by atoms with E-state index in [4.69, 9.17) is 47.0 Å². The van der Waals surface area contributed by atoms with Crippen LogP contribution in [0.2, 0.25) is 10.0 Å². The van der Waals surface area contributed by atoms with Crippen LogP contribution in [-0.2, 0) is 0 Å². The van der Waals surface area contributed by atoms with Crippen molar-refractivity contribution in [2.24, 2.45) is 0 Å². The summed E-state index contributed by atoms with van der Waals surface area (Å²) in [6, 6.07) is 9.76. The minimum atomic E-state index is -0.411. The molecule has 2 amide bonds. The van der Waals surface area contributed by atoms with E-state index in [0.717, 1.165) is 5.56 Å². The molecule has 3 N–H and O–H groups in total. The lowest BCUT2D eigenvalue weighted by Gasteiger charge is -2.11. The fourth-order valence-corrected chi connectivity index (χ4v) is 2.33. The van der Waals surface area contributed by atoms with Gasteiger partial charge in [0.25, 0.3) is 0 Å². The van der Waals surface area contributed by atoms with E-state index in [0.29, 0.717) is 27.1 Å². The summed E-state index contributed by atoms with van der Waals surface area (Å²) in [5, 5.41) is 9.12. The summed E-state index contributed by atoms with van der Waals surface area (Å²) in [7, 11) is 0. The van der Waals surface area contributed by atoms with E-state index in [2.05, 4.69) is 16.0 Å². The second kappa shape index (κ2) is 7.84. The largest absolute Gasteiger partial charge is 0.336 e. The summed E-state index contributed by atoms with van der Waals surface area (Å²) in [6.07, 6.45) is 0. The second-order valence-corrected chi connectivity index (χ2v) is 6.46. The van der Waals surface area contributed by atoms with Gasteiger partial charge in [0.2, 0.25) is 0 Å². The lowest BCUT2D eigenvalue weighted by molar-refractivity contribution is 0.262. The average Bonchev–Trinajstić information content (AvgIpc) is 2.46. The minimum absolute atomic E-state index is 0.0581. The Kier molecular flexibility index (Phi) is 6.07. The molecule has 2 aromatic carbocycles. The van der Waals surface area contributed by atoms with Crippen molar-refractivity contribution in [2.75, 3.05) is 16.0 Å². The Hall–Kier alpha value is -1.53. The molecule has 23 heavy (non-hydrogen) atoms. The zero-order valence-electron chi connectivity index (χ0n) is 11.9. The third kappa shape index (κ3) is 5.25. The molecule has 0 unspecified atom stereocenters. The fourth-order valence-electron chi connectivity index (χ4n) is 1.77. The number of urea groups is 1. The van der Waals surface area contributed by atoms with Gasteiger partial charge in [-0.25, -0.2) is 4.79 Å². The highest BCUT2D eigenvalue weighted by Crippen LogP contribution is 2.26. The van der Waals surface area contributed by atoms with Crippen LogP contribution >= 0.6 is 47.0 Å². The first-order valence-corrected chi connectivity index (χ1v) is 7.99. The fraction of sp³-hybridized carbons (Fsp3) is 0.0667. The van der Waals surface area contributed by atoms with E-state index < -0.39 is 6.03 Å². The lowest BCUT2D eigenvalue weighted by Crippen LogP contribution is -2.19. The number of anilines is 3. The Balaban J connectivity index is 2.07. The predicted molar refractivity (Wildman–Crippen MR) is 102 cm³/mol. The van der Waals surface area contributed by atoms with Crippen LogP contribution in [0.4, 0.5) is 21.9 Å². The van der Waals surface area contributed by atoms with E-state index in [9.17, 15) is 4.79 Å². The summed E-state index contributed by atoms with van der Waals surface area (Å²) >= 11 is 22.4. The van der Waals surface area contributed by atoms with Gasteiger partial charge in [-0.05, 0) is 55.0 Å². The molecule has 2 aromatic rings. The zero-order valence-corrected chi connectivity index (χ0v) is 15.0. The first-order chi connectivity index (χ1) is 10.8. The molecule has 0 saturated carbocycles. The zero-order chi connectivity index (χ0) is 17.0. The molecule has 0 fully saturated rings. The maximum atomic E-state index is 12.0. The molecule has 120 valence electrons. The Morgan fingerprint density at radius 3 is 2.17 bits per heavy atom. The van der Waals surface area contributed by atoms with Crippen LogP contribution in [0, 0.1) is 6.92 Å². The van der Waals surface area contributed by atoms with Crippen molar-refractivity contribution in [3.05, 3.63) is 52.0 Å². The van der Waals surface area contributed by atoms with E-state index in [1.807, 2.05) is 13.0 Å². The van der Waals surface area contributed by atoms with Crippen molar-refractivity contribution in [1.82, 2.24) is 0 Å². The van der Waals surface area contributed by atoms with Gasteiger partial charge in [-0.15, -0.1) is 0 Å². The van der Waals surface area contributed by atoms with E-state index >= 15 is 0 Å². The number of thiocarbonyl (C=S) groups is 1. The molecule has 0 atom stereocenters. The van der Waals surface area contributed by atoms with Crippen molar-refractivity contribution in [2.45, 2.75) is 6.92 Å². The lowest BCUT2D eigenvalue weighted by atomic mass is 10.2. The maximum Gasteiger partial charge on any atom is 0.323 e. The van der Waals surface area contributed by atoms with Crippen molar-refractivity contribution in [3.63, 3.8) is 0 Å². The molecule has 4 nitrogen and oxygen atoms in total. The highest BCUT2D eigenvalue weighted by atomic mass is 35.5. The monoisotopic (exact) mass is 387 g/mol. The summed E-state index contributed by atoms with van der Waals surface area (Å²) in [6.45, 7) is 1.88. The van der Waals surface area contributed by atoms with Crippen LogP contribution in [0.15, 0.2) is 36.4 Å². The van der Waals surface area contributed by atoms with Gasteiger partial charge in [0.15, 0.2) is 4.45 Å². The van der Waals surface area contributed by atoms with Crippen LogP contribution in [-0.4, -0.2) is 10.5 Å². The molecule has 0 aliphatic carbocycles. The normalized spacial score (nSPS) is 10.1. The van der Waals surface area contributed by atoms with Gasteiger partial charge >= 0.3 is 6.03 Å². The standard InChI is InChI=1S/C15H12Cl3N3OS/c1-8-2-3-9(6-12(8)17)19-15(22)20-10-4-5-11(16)13(7-10)21-14(18)23/h2-7H,1H3,(H,21,23)(H2,19,20,22). The van der Waals surface area contributed by atoms with Crippen molar-refractivity contribution in [3.8, 4) is 0 Å². The molecule has 0 heterocycles. The topological polar surface area (TPSA) is 53.2 Å².